The number of hydrogen-bond acceptors (Lipinski definition) is 0. The zero-order chi connectivity index (χ0) is 11.9. The van der Waals surface area contributed by atoms with Gasteiger partial charge in [0.15, 0.2) is 0 Å². The monoisotopic (exact) mass is 247 g/mol. The summed E-state index contributed by atoms with van der Waals surface area (Å²) in [7, 11) is 0. The predicted molar refractivity (Wildman–Crippen MR) is 40.3 cm³/mol. The molecule has 0 aliphatic rings. The van der Waals surface area contributed by atoms with Gasteiger partial charge in [0.1, 0.15) is 0 Å². The molecule has 0 aliphatic carbocycles. The van der Waals surface area contributed by atoms with Crippen molar-refractivity contribution in [3.05, 3.63) is 34.3 Å². The van der Waals surface area contributed by atoms with Gasteiger partial charge in [-0.05, 0) is 18.2 Å². The Morgan fingerprint density at radius 1 is 0.867 bits per heavy atom. The van der Waals surface area contributed by atoms with Crippen molar-refractivity contribution in [2.45, 2.75) is 12.4 Å². The molecule has 15 heavy (non-hydrogen) atoms. The third-order valence-electron chi connectivity index (χ3n) is 1.54. The molecule has 0 unspecified atom stereocenters. The Kier molecular flexibility index (Phi) is 2.91. The Morgan fingerprint density at radius 3 is 1.47 bits per heavy atom. The van der Waals surface area contributed by atoms with Crippen LogP contribution in [0, 0.1) is 6.07 Å². The highest BCUT2D eigenvalue weighted by molar-refractivity contribution is 6.32. The zero-order valence-electron chi connectivity index (χ0n) is 6.80. The lowest BCUT2D eigenvalue weighted by atomic mass is 10.1. The van der Waals surface area contributed by atoms with E-state index in [1.165, 1.54) is 0 Å². The lowest BCUT2D eigenvalue weighted by molar-refractivity contribution is -0.142. The van der Waals surface area contributed by atoms with Crippen LogP contribution in [0.2, 0.25) is 5.02 Å². The van der Waals surface area contributed by atoms with E-state index in [0.717, 1.165) is 0 Å². The van der Waals surface area contributed by atoms with E-state index < -0.39 is 28.5 Å². The Bertz CT molecular complexity index is 332. The third-order valence-corrected chi connectivity index (χ3v) is 1.95. The number of rotatable bonds is 0. The minimum Gasteiger partial charge on any atom is -0.166 e. The van der Waals surface area contributed by atoms with E-state index >= 15 is 0 Å². The molecule has 83 valence electrons. The molecule has 1 aromatic rings. The van der Waals surface area contributed by atoms with Gasteiger partial charge >= 0.3 is 12.4 Å². The molecule has 7 heteroatoms. The maximum atomic E-state index is 12.1. The summed E-state index contributed by atoms with van der Waals surface area (Å²) in [6.45, 7) is 0. The van der Waals surface area contributed by atoms with Crippen LogP contribution >= 0.6 is 11.6 Å². The first-order chi connectivity index (χ1) is 6.64. The lowest BCUT2D eigenvalue weighted by Gasteiger charge is -2.13. The topological polar surface area (TPSA) is 0 Å². The van der Waals surface area contributed by atoms with Gasteiger partial charge in [0.2, 0.25) is 0 Å². The molecule has 0 heterocycles. The molecular formula is C8H2ClF6. The van der Waals surface area contributed by atoms with Crippen LogP contribution in [0.5, 0.6) is 0 Å². The Morgan fingerprint density at radius 2 is 1.20 bits per heavy atom. The first-order valence-corrected chi connectivity index (χ1v) is 3.86. The molecule has 0 aromatic heterocycles. The Hall–Kier alpha value is -0.910. The highest BCUT2D eigenvalue weighted by Gasteiger charge is 2.40. The lowest BCUT2D eigenvalue weighted by Crippen LogP contribution is -2.12. The zero-order valence-corrected chi connectivity index (χ0v) is 7.56. The van der Waals surface area contributed by atoms with E-state index in [0.29, 0.717) is 12.1 Å². The average Bonchev–Trinajstić information content (AvgIpc) is 1.99. The van der Waals surface area contributed by atoms with Gasteiger partial charge < -0.3 is 0 Å². The highest BCUT2D eigenvalue weighted by atomic mass is 35.5. The normalized spacial score (nSPS) is 13.0. The van der Waals surface area contributed by atoms with Gasteiger partial charge in [-0.25, -0.2) is 0 Å². The molecule has 0 fully saturated rings. The minimum absolute atomic E-state index is 0.373. The number of halogens is 7. The largest absolute Gasteiger partial charge is 0.417 e. The maximum absolute atomic E-state index is 12.1. The van der Waals surface area contributed by atoms with Crippen LogP contribution in [0.1, 0.15) is 11.1 Å². The maximum Gasteiger partial charge on any atom is 0.417 e. The van der Waals surface area contributed by atoms with Gasteiger partial charge in [-0.1, -0.05) is 11.6 Å². The fourth-order valence-corrected chi connectivity index (χ4v) is 1.22. The number of alkyl halides is 6. The molecule has 0 nitrogen and oxygen atoms in total. The van der Waals surface area contributed by atoms with E-state index in [9.17, 15) is 26.3 Å². The second-order valence-electron chi connectivity index (χ2n) is 2.59. The van der Waals surface area contributed by atoms with Gasteiger partial charge in [-0.2, -0.15) is 26.3 Å². The SMILES string of the molecule is FC(F)(F)c1c[c]cc(C(F)(F)F)c1Cl. The van der Waals surface area contributed by atoms with E-state index in [4.69, 9.17) is 11.6 Å². The summed E-state index contributed by atoms with van der Waals surface area (Å²) in [5.74, 6) is 0. The van der Waals surface area contributed by atoms with E-state index in [2.05, 4.69) is 0 Å². The molecule has 1 aromatic carbocycles. The predicted octanol–water partition coefficient (Wildman–Crippen LogP) is 4.18. The van der Waals surface area contributed by atoms with Crippen molar-refractivity contribution in [1.29, 1.82) is 0 Å². The van der Waals surface area contributed by atoms with Crippen LogP contribution in [0.3, 0.4) is 0 Å². The first-order valence-electron chi connectivity index (χ1n) is 3.48. The van der Waals surface area contributed by atoms with Gasteiger partial charge in [-0.3, -0.25) is 0 Å². The van der Waals surface area contributed by atoms with Crippen LogP contribution in [-0.4, -0.2) is 0 Å². The standard InChI is InChI=1S/C8H2ClF6/c9-6-4(7(10,11)12)2-1-3-5(6)8(13,14)15/h2-3H. The van der Waals surface area contributed by atoms with Crippen molar-refractivity contribution < 1.29 is 26.3 Å². The molecule has 0 aliphatic heterocycles. The van der Waals surface area contributed by atoms with Crippen LogP contribution in [-0.2, 0) is 12.4 Å². The number of hydrogen-bond donors (Lipinski definition) is 0. The van der Waals surface area contributed by atoms with Gasteiger partial charge in [0.05, 0.1) is 16.1 Å². The molecule has 0 bridgehead atoms. The Balaban J connectivity index is 3.37. The first kappa shape index (κ1) is 12.2. The second-order valence-corrected chi connectivity index (χ2v) is 2.97. The van der Waals surface area contributed by atoms with E-state index in [1.54, 1.807) is 6.07 Å². The van der Waals surface area contributed by atoms with Crippen LogP contribution in [0.15, 0.2) is 12.1 Å². The molecule has 0 saturated heterocycles. The van der Waals surface area contributed by atoms with Crippen LogP contribution in [0.25, 0.3) is 0 Å². The number of benzene rings is 1. The molecular weight excluding hydrogens is 246 g/mol. The summed E-state index contributed by atoms with van der Waals surface area (Å²) in [6, 6.07) is 2.50. The third kappa shape index (κ3) is 2.56. The summed E-state index contributed by atoms with van der Waals surface area (Å²) in [5, 5.41) is -1.35. The van der Waals surface area contributed by atoms with Crippen LogP contribution < -0.4 is 0 Å². The van der Waals surface area contributed by atoms with Gasteiger partial charge in [0.25, 0.3) is 0 Å². The van der Waals surface area contributed by atoms with Crippen molar-refractivity contribution in [3.8, 4) is 0 Å². The van der Waals surface area contributed by atoms with E-state index in [-0.39, 0.29) is 0 Å². The van der Waals surface area contributed by atoms with Crippen molar-refractivity contribution in [2.75, 3.05) is 0 Å². The summed E-state index contributed by atoms with van der Waals surface area (Å²) >= 11 is 5.02. The average molecular weight is 248 g/mol. The molecule has 0 spiro atoms. The van der Waals surface area contributed by atoms with Crippen molar-refractivity contribution >= 4 is 11.6 Å². The van der Waals surface area contributed by atoms with Crippen LogP contribution in [0.4, 0.5) is 26.3 Å². The Labute approximate surface area is 85.5 Å². The molecule has 0 atom stereocenters. The molecule has 0 amide bonds. The summed E-state index contributed by atoms with van der Waals surface area (Å²) < 4.78 is 72.9. The fraction of sp³-hybridized carbons (Fsp3) is 0.250. The summed E-state index contributed by atoms with van der Waals surface area (Å²) in [4.78, 5) is 0. The van der Waals surface area contributed by atoms with E-state index in [1.807, 2.05) is 0 Å². The molecule has 1 rings (SSSR count). The molecule has 0 saturated carbocycles. The second kappa shape index (κ2) is 3.59. The summed E-state index contributed by atoms with van der Waals surface area (Å²) in [5.41, 5.74) is -3.09. The quantitative estimate of drug-likeness (QED) is 0.604. The van der Waals surface area contributed by atoms with Crippen molar-refractivity contribution in [2.24, 2.45) is 0 Å². The van der Waals surface area contributed by atoms with Crippen molar-refractivity contribution in [3.63, 3.8) is 0 Å². The molecule has 1 radical (unpaired) electrons. The highest BCUT2D eigenvalue weighted by Crippen LogP contribution is 2.41. The van der Waals surface area contributed by atoms with Crippen molar-refractivity contribution in [1.82, 2.24) is 0 Å². The molecule has 0 N–H and O–H groups in total. The van der Waals surface area contributed by atoms with Gasteiger partial charge in [0, 0.05) is 0 Å². The smallest absolute Gasteiger partial charge is 0.166 e. The fourth-order valence-electron chi connectivity index (χ4n) is 0.893. The van der Waals surface area contributed by atoms with Gasteiger partial charge in [-0.15, -0.1) is 0 Å². The summed E-state index contributed by atoms with van der Waals surface area (Å²) in [6.07, 6.45) is -9.84. The minimum atomic E-state index is -4.92.